The van der Waals surface area contributed by atoms with Crippen molar-refractivity contribution >= 4 is 17.4 Å². The van der Waals surface area contributed by atoms with Gasteiger partial charge >= 0.3 is 0 Å². The zero-order valence-corrected chi connectivity index (χ0v) is 11.5. The zero-order valence-electron chi connectivity index (χ0n) is 10.7. The molecule has 0 fully saturated rings. The van der Waals surface area contributed by atoms with Crippen LogP contribution in [0.1, 0.15) is 16.1 Å². The van der Waals surface area contributed by atoms with Crippen LogP contribution in [-0.2, 0) is 0 Å². The van der Waals surface area contributed by atoms with Gasteiger partial charge in [-0.3, -0.25) is 4.79 Å². The molecule has 3 rings (SSSR count). The van der Waals surface area contributed by atoms with Crippen LogP contribution in [0.5, 0.6) is 0 Å². The van der Waals surface area contributed by atoms with E-state index in [0.717, 1.165) is 6.07 Å². The van der Waals surface area contributed by atoms with Gasteiger partial charge in [-0.25, -0.2) is 9.07 Å². The molecule has 21 heavy (non-hydrogen) atoms. The monoisotopic (exact) mass is 301 g/mol. The van der Waals surface area contributed by atoms with Gasteiger partial charge in [-0.1, -0.05) is 35.0 Å². The molecule has 3 aromatic rings. The highest BCUT2D eigenvalue weighted by molar-refractivity contribution is 6.31. The number of nitrogens with zero attached hydrogens (tertiary/aromatic N) is 3. The van der Waals surface area contributed by atoms with Crippen LogP contribution in [0.15, 0.2) is 54.7 Å². The summed E-state index contributed by atoms with van der Waals surface area (Å²) in [5, 5.41) is 7.58. The summed E-state index contributed by atoms with van der Waals surface area (Å²) in [6, 6.07) is 13.0. The van der Waals surface area contributed by atoms with Crippen LogP contribution in [0, 0.1) is 5.82 Å². The number of carbonyl (C=O) groups excluding carboxylic acids is 1. The lowest BCUT2D eigenvalue weighted by molar-refractivity contribution is 0.103. The molecule has 1 aromatic heterocycles. The molecule has 0 saturated heterocycles. The molecule has 0 bridgehead atoms. The number of ketones is 1. The van der Waals surface area contributed by atoms with Crippen LogP contribution in [0.25, 0.3) is 5.69 Å². The minimum Gasteiger partial charge on any atom is -0.287 e. The van der Waals surface area contributed by atoms with Crippen molar-refractivity contribution in [1.82, 2.24) is 15.0 Å². The second kappa shape index (κ2) is 5.46. The number of para-hydroxylation sites is 1. The summed E-state index contributed by atoms with van der Waals surface area (Å²) in [4.78, 5) is 12.5. The number of benzene rings is 2. The lowest BCUT2D eigenvalue weighted by Gasteiger charge is -2.05. The van der Waals surface area contributed by atoms with E-state index in [1.807, 2.05) is 30.3 Å². The molecular formula is C15H9ClFN3O. The SMILES string of the molecule is O=C(c1ccc(F)c(Cl)c1)c1cnnn1-c1ccccc1. The quantitative estimate of drug-likeness (QED) is 0.697. The Hall–Kier alpha value is -2.53. The molecule has 1 heterocycles. The topological polar surface area (TPSA) is 47.8 Å². The van der Waals surface area contributed by atoms with Gasteiger partial charge < -0.3 is 0 Å². The van der Waals surface area contributed by atoms with Gasteiger partial charge in [0.15, 0.2) is 0 Å². The zero-order chi connectivity index (χ0) is 14.8. The standard InChI is InChI=1S/C15H9ClFN3O/c16-12-8-10(6-7-13(12)17)15(21)14-9-18-19-20(14)11-4-2-1-3-5-11/h1-9H. The van der Waals surface area contributed by atoms with Crippen molar-refractivity contribution in [3.8, 4) is 5.69 Å². The highest BCUT2D eigenvalue weighted by Crippen LogP contribution is 2.19. The first-order valence-electron chi connectivity index (χ1n) is 6.12. The third-order valence-electron chi connectivity index (χ3n) is 2.96. The van der Waals surface area contributed by atoms with E-state index in [2.05, 4.69) is 10.3 Å². The Kier molecular flexibility index (Phi) is 3.50. The predicted octanol–water partition coefficient (Wildman–Crippen LogP) is 3.29. The van der Waals surface area contributed by atoms with E-state index in [4.69, 9.17) is 11.6 Å². The van der Waals surface area contributed by atoms with Crippen LogP contribution >= 0.6 is 11.6 Å². The summed E-state index contributed by atoms with van der Waals surface area (Å²) >= 11 is 5.71. The highest BCUT2D eigenvalue weighted by Gasteiger charge is 2.17. The molecule has 2 aromatic carbocycles. The van der Waals surface area contributed by atoms with Gasteiger partial charge in [-0.2, -0.15) is 0 Å². The second-order valence-corrected chi connectivity index (χ2v) is 4.73. The third kappa shape index (κ3) is 2.55. The molecule has 0 aliphatic rings. The Balaban J connectivity index is 2.03. The molecule has 0 radical (unpaired) electrons. The molecule has 0 N–H and O–H groups in total. The van der Waals surface area contributed by atoms with Crippen LogP contribution in [-0.4, -0.2) is 20.8 Å². The number of rotatable bonds is 3. The Morgan fingerprint density at radius 1 is 1.14 bits per heavy atom. The summed E-state index contributed by atoms with van der Waals surface area (Å²) in [6.45, 7) is 0. The van der Waals surface area contributed by atoms with Crippen LogP contribution in [0.4, 0.5) is 4.39 Å². The smallest absolute Gasteiger partial charge is 0.213 e. The molecule has 4 nitrogen and oxygen atoms in total. The third-order valence-corrected chi connectivity index (χ3v) is 3.25. The minimum atomic E-state index is -0.567. The molecule has 0 spiro atoms. The van der Waals surface area contributed by atoms with Crippen molar-refractivity contribution in [1.29, 1.82) is 0 Å². The number of halogens is 2. The van der Waals surface area contributed by atoms with Gasteiger partial charge in [0.05, 0.1) is 16.9 Å². The Morgan fingerprint density at radius 2 is 1.90 bits per heavy atom. The van der Waals surface area contributed by atoms with E-state index in [1.54, 1.807) is 0 Å². The molecule has 6 heteroatoms. The second-order valence-electron chi connectivity index (χ2n) is 4.32. The fourth-order valence-electron chi connectivity index (χ4n) is 1.94. The predicted molar refractivity (Wildman–Crippen MR) is 76.2 cm³/mol. The average molecular weight is 302 g/mol. The molecule has 0 aliphatic heterocycles. The number of hydrogen-bond acceptors (Lipinski definition) is 3. The average Bonchev–Trinajstić information content (AvgIpc) is 2.99. The van der Waals surface area contributed by atoms with Crippen molar-refractivity contribution in [2.45, 2.75) is 0 Å². The van der Waals surface area contributed by atoms with E-state index in [0.29, 0.717) is 5.69 Å². The minimum absolute atomic E-state index is 0.0976. The van der Waals surface area contributed by atoms with E-state index < -0.39 is 5.82 Å². The lowest BCUT2D eigenvalue weighted by atomic mass is 10.1. The highest BCUT2D eigenvalue weighted by atomic mass is 35.5. The molecule has 0 aliphatic carbocycles. The van der Waals surface area contributed by atoms with Gasteiger partial charge in [0.25, 0.3) is 0 Å². The van der Waals surface area contributed by atoms with Gasteiger partial charge in [-0.05, 0) is 30.3 Å². The lowest BCUT2D eigenvalue weighted by Crippen LogP contribution is -2.10. The summed E-state index contributed by atoms with van der Waals surface area (Å²) in [5.41, 5.74) is 1.27. The van der Waals surface area contributed by atoms with E-state index >= 15 is 0 Å². The molecule has 104 valence electrons. The maximum absolute atomic E-state index is 13.2. The maximum Gasteiger partial charge on any atom is 0.213 e. The summed E-state index contributed by atoms with van der Waals surface area (Å²) in [5.74, 6) is -0.895. The molecule has 0 amide bonds. The largest absolute Gasteiger partial charge is 0.287 e. The van der Waals surface area contributed by atoms with E-state index in [-0.39, 0.29) is 22.1 Å². The summed E-state index contributed by atoms with van der Waals surface area (Å²) < 4.78 is 14.6. The van der Waals surface area contributed by atoms with E-state index in [9.17, 15) is 9.18 Å². The molecule has 0 saturated carbocycles. The fraction of sp³-hybridized carbons (Fsp3) is 0. The van der Waals surface area contributed by atoms with Crippen molar-refractivity contribution in [3.63, 3.8) is 0 Å². The Labute approximate surface area is 124 Å². The summed E-state index contributed by atoms with van der Waals surface area (Å²) in [7, 11) is 0. The Bertz CT molecular complexity index is 802. The fourth-order valence-corrected chi connectivity index (χ4v) is 2.12. The normalized spacial score (nSPS) is 10.6. The van der Waals surface area contributed by atoms with Crippen molar-refractivity contribution in [2.24, 2.45) is 0 Å². The molecule has 0 unspecified atom stereocenters. The van der Waals surface area contributed by atoms with Crippen molar-refractivity contribution in [2.75, 3.05) is 0 Å². The molecule has 0 atom stereocenters. The number of hydrogen-bond donors (Lipinski definition) is 0. The van der Waals surface area contributed by atoms with Gasteiger partial charge in [0.1, 0.15) is 11.5 Å². The van der Waals surface area contributed by atoms with Crippen molar-refractivity contribution in [3.05, 3.63) is 76.8 Å². The summed E-state index contributed by atoms with van der Waals surface area (Å²) in [6.07, 6.45) is 1.37. The van der Waals surface area contributed by atoms with Crippen LogP contribution in [0.3, 0.4) is 0 Å². The van der Waals surface area contributed by atoms with Gasteiger partial charge in [0.2, 0.25) is 5.78 Å². The van der Waals surface area contributed by atoms with E-state index in [1.165, 1.54) is 23.0 Å². The first kappa shape index (κ1) is 13.5. The van der Waals surface area contributed by atoms with Gasteiger partial charge in [-0.15, -0.1) is 5.10 Å². The maximum atomic E-state index is 13.2. The van der Waals surface area contributed by atoms with Crippen LogP contribution in [0.2, 0.25) is 5.02 Å². The first-order chi connectivity index (χ1) is 10.2. The molecular weight excluding hydrogens is 293 g/mol. The number of aromatic nitrogens is 3. The van der Waals surface area contributed by atoms with Crippen molar-refractivity contribution < 1.29 is 9.18 Å². The van der Waals surface area contributed by atoms with Crippen LogP contribution < -0.4 is 0 Å². The van der Waals surface area contributed by atoms with Gasteiger partial charge in [0, 0.05) is 5.56 Å². The number of carbonyl (C=O) groups is 1. The Morgan fingerprint density at radius 3 is 2.62 bits per heavy atom. The first-order valence-corrected chi connectivity index (χ1v) is 6.50.